The van der Waals surface area contributed by atoms with Gasteiger partial charge in [-0.3, -0.25) is 4.72 Å². The molecule has 0 heterocycles. The molecule has 1 atom stereocenters. The van der Waals surface area contributed by atoms with E-state index in [9.17, 15) is 8.42 Å². The van der Waals surface area contributed by atoms with Crippen LogP contribution in [0.3, 0.4) is 0 Å². The molecule has 2 N–H and O–H groups in total. The average molecular weight is 369 g/mol. The van der Waals surface area contributed by atoms with Gasteiger partial charge in [0.1, 0.15) is 0 Å². The highest BCUT2D eigenvalue weighted by molar-refractivity contribution is 9.10. The van der Waals surface area contributed by atoms with Gasteiger partial charge in [-0.2, -0.15) is 0 Å². The number of benzene rings is 2. The lowest BCUT2D eigenvalue weighted by molar-refractivity contribution is 0.607. The van der Waals surface area contributed by atoms with Crippen molar-refractivity contribution in [2.75, 3.05) is 16.3 Å². The number of nitrogens with one attached hydrogen (secondary N) is 2. The lowest BCUT2D eigenvalue weighted by Crippen LogP contribution is -2.10. The summed E-state index contributed by atoms with van der Waals surface area (Å²) in [6.45, 7) is 2.06. The summed E-state index contributed by atoms with van der Waals surface area (Å²) >= 11 is 3.41. The van der Waals surface area contributed by atoms with Gasteiger partial charge in [0, 0.05) is 16.2 Å². The summed E-state index contributed by atoms with van der Waals surface area (Å²) in [4.78, 5) is 0. The molecule has 0 saturated heterocycles. The number of halogens is 1. The van der Waals surface area contributed by atoms with E-state index in [2.05, 4.69) is 32.9 Å². The van der Waals surface area contributed by atoms with E-state index in [-0.39, 0.29) is 6.04 Å². The molecular weight excluding hydrogens is 352 g/mol. The van der Waals surface area contributed by atoms with Gasteiger partial charge in [0.25, 0.3) is 0 Å². The molecule has 0 aliphatic rings. The van der Waals surface area contributed by atoms with Crippen molar-refractivity contribution in [3.8, 4) is 0 Å². The average Bonchev–Trinajstić information content (AvgIpc) is 2.37. The Bertz CT molecular complexity index is 715. The smallest absolute Gasteiger partial charge is 0.229 e. The first-order valence-electron chi connectivity index (χ1n) is 6.43. The molecule has 2 aromatic carbocycles. The summed E-state index contributed by atoms with van der Waals surface area (Å²) in [7, 11) is -3.26. The van der Waals surface area contributed by atoms with Gasteiger partial charge in [-0.25, -0.2) is 8.42 Å². The molecule has 6 heteroatoms. The topological polar surface area (TPSA) is 58.2 Å². The molecule has 0 fully saturated rings. The number of rotatable bonds is 5. The molecule has 0 radical (unpaired) electrons. The molecule has 0 bridgehead atoms. The van der Waals surface area contributed by atoms with Crippen LogP contribution in [0.15, 0.2) is 53.0 Å². The highest BCUT2D eigenvalue weighted by Gasteiger charge is 2.07. The molecule has 0 aliphatic carbocycles. The minimum atomic E-state index is -3.26. The molecule has 2 rings (SSSR count). The van der Waals surface area contributed by atoms with Crippen LogP contribution in [0.2, 0.25) is 0 Å². The highest BCUT2D eigenvalue weighted by atomic mass is 79.9. The molecule has 1 unspecified atom stereocenters. The van der Waals surface area contributed by atoms with Gasteiger partial charge in [0.05, 0.1) is 11.9 Å². The van der Waals surface area contributed by atoms with Crippen LogP contribution in [-0.2, 0) is 10.0 Å². The third-order valence-corrected chi connectivity index (χ3v) is 4.05. The van der Waals surface area contributed by atoms with E-state index in [1.807, 2.05) is 36.4 Å². The molecule has 112 valence electrons. The molecular formula is C15H17BrN2O2S. The Morgan fingerprint density at radius 1 is 1.05 bits per heavy atom. The Morgan fingerprint density at radius 2 is 1.67 bits per heavy atom. The van der Waals surface area contributed by atoms with Crippen LogP contribution in [0.25, 0.3) is 0 Å². The summed E-state index contributed by atoms with van der Waals surface area (Å²) in [6, 6.07) is 15.4. The molecule has 4 nitrogen and oxygen atoms in total. The quantitative estimate of drug-likeness (QED) is 0.838. The monoisotopic (exact) mass is 368 g/mol. The third-order valence-electron chi connectivity index (χ3n) is 2.92. The first kappa shape index (κ1) is 15.9. The van der Waals surface area contributed by atoms with E-state index in [4.69, 9.17) is 0 Å². The van der Waals surface area contributed by atoms with Gasteiger partial charge >= 0.3 is 0 Å². The summed E-state index contributed by atoms with van der Waals surface area (Å²) in [5.41, 5.74) is 2.56. The highest BCUT2D eigenvalue weighted by Crippen LogP contribution is 2.23. The summed E-state index contributed by atoms with van der Waals surface area (Å²) in [5.74, 6) is 0. The minimum Gasteiger partial charge on any atom is -0.378 e. The SMILES string of the molecule is CC(Nc1cccc(NS(C)(=O)=O)c1)c1ccc(Br)cc1. The molecule has 21 heavy (non-hydrogen) atoms. The van der Waals surface area contributed by atoms with Crippen molar-refractivity contribution in [3.63, 3.8) is 0 Å². The Hall–Kier alpha value is -1.53. The van der Waals surface area contributed by atoms with Crippen LogP contribution >= 0.6 is 15.9 Å². The largest absolute Gasteiger partial charge is 0.378 e. The van der Waals surface area contributed by atoms with Gasteiger partial charge in [0.15, 0.2) is 0 Å². The van der Waals surface area contributed by atoms with Gasteiger partial charge in [-0.15, -0.1) is 0 Å². The third kappa shape index (κ3) is 5.06. The van der Waals surface area contributed by atoms with Crippen molar-refractivity contribution < 1.29 is 8.42 Å². The second-order valence-electron chi connectivity index (χ2n) is 4.87. The van der Waals surface area contributed by atoms with Crippen LogP contribution in [-0.4, -0.2) is 14.7 Å². The van der Waals surface area contributed by atoms with Crippen LogP contribution in [0.1, 0.15) is 18.5 Å². The van der Waals surface area contributed by atoms with Gasteiger partial charge < -0.3 is 5.32 Å². The standard InChI is InChI=1S/C15H17BrN2O2S/c1-11(12-6-8-13(16)9-7-12)17-14-4-3-5-15(10-14)18-21(2,19)20/h3-11,17-18H,1-2H3. The van der Waals surface area contributed by atoms with Crippen LogP contribution in [0, 0.1) is 0 Å². The summed E-state index contributed by atoms with van der Waals surface area (Å²) < 4.78 is 26.0. The molecule has 0 aromatic heterocycles. The second kappa shape index (κ2) is 6.49. The van der Waals surface area contributed by atoms with Gasteiger partial charge in [-0.1, -0.05) is 34.1 Å². The molecule has 0 spiro atoms. The van der Waals surface area contributed by atoms with Gasteiger partial charge in [0.2, 0.25) is 10.0 Å². The maximum absolute atomic E-state index is 11.3. The zero-order chi connectivity index (χ0) is 15.5. The Balaban J connectivity index is 2.12. The number of hydrogen-bond acceptors (Lipinski definition) is 3. The van der Waals surface area contributed by atoms with E-state index in [0.717, 1.165) is 22.0 Å². The maximum atomic E-state index is 11.3. The fourth-order valence-electron chi connectivity index (χ4n) is 1.97. The van der Waals surface area contributed by atoms with Crippen LogP contribution < -0.4 is 10.0 Å². The predicted molar refractivity (Wildman–Crippen MR) is 91.1 cm³/mol. The first-order valence-corrected chi connectivity index (χ1v) is 9.12. The fraction of sp³-hybridized carbons (Fsp3) is 0.200. The lowest BCUT2D eigenvalue weighted by atomic mass is 10.1. The maximum Gasteiger partial charge on any atom is 0.229 e. The molecule has 0 aliphatic heterocycles. The molecule has 0 amide bonds. The lowest BCUT2D eigenvalue weighted by Gasteiger charge is -2.16. The van der Waals surface area contributed by atoms with Gasteiger partial charge in [-0.05, 0) is 42.8 Å². The minimum absolute atomic E-state index is 0.117. The normalized spacial score (nSPS) is 12.7. The first-order chi connectivity index (χ1) is 9.83. The van der Waals surface area contributed by atoms with E-state index in [1.165, 1.54) is 0 Å². The van der Waals surface area contributed by atoms with Crippen molar-refractivity contribution in [2.45, 2.75) is 13.0 Å². The van der Waals surface area contributed by atoms with Crippen LogP contribution in [0.4, 0.5) is 11.4 Å². The van der Waals surface area contributed by atoms with Crippen molar-refractivity contribution in [3.05, 3.63) is 58.6 Å². The van der Waals surface area contributed by atoms with Crippen molar-refractivity contribution >= 4 is 37.3 Å². The van der Waals surface area contributed by atoms with E-state index in [1.54, 1.807) is 12.1 Å². The van der Waals surface area contributed by atoms with Crippen molar-refractivity contribution in [1.29, 1.82) is 0 Å². The molecule has 2 aromatic rings. The number of anilines is 2. The number of sulfonamides is 1. The van der Waals surface area contributed by atoms with Crippen molar-refractivity contribution in [2.24, 2.45) is 0 Å². The summed E-state index contributed by atoms with van der Waals surface area (Å²) in [6.07, 6.45) is 1.14. The number of hydrogen-bond donors (Lipinski definition) is 2. The Labute approximate surface area is 133 Å². The van der Waals surface area contributed by atoms with Crippen molar-refractivity contribution in [1.82, 2.24) is 0 Å². The fourth-order valence-corrected chi connectivity index (χ4v) is 2.79. The summed E-state index contributed by atoms with van der Waals surface area (Å²) in [5, 5.41) is 3.35. The zero-order valence-corrected chi connectivity index (χ0v) is 14.2. The Morgan fingerprint density at radius 3 is 2.29 bits per heavy atom. The second-order valence-corrected chi connectivity index (χ2v) is 7.54. The van der Waals surface area contributed by atoms with E-state index in [0.29, 0.717) is 5.69 Å². The van der Waals surface area contributed by atoms with Crippen LogP contribution in [0.5, 0.6) is 0 Å². The van der Waals surface area contributed by atoms with E-state index < -0.39 is 10.0 Å². The predicted octanol–water partition coefficient (Wildman–Crippen LogP) is 3.99. The Kier molecular flexibility index (Phi) is 4.90. The zero-order valence-electron chi connectivity index (χ0n) is 11.8. The molecule has 0 saturated carbocycles. The van der Waals surface area contributed by atoms with E-state index >= 15 is 0 Å².